The van der Waals surface area contributed by atoms with Crippen molar-refractivity contribution < 1.29 is 4.79 Å². The van der Waals surface area contributed by atoms with Gasteiger partial charge in [-0.1, -0.05) is 13.8 Å². The van der Waals surface area contributed by atoms with E-state index in [1.807, 2.05) is 32.5 Å². The Hall–Kier alpha value is -0.910. The van der Waals surface area contributed by atoms with Crippen molar-refractivity contribution in [1.82, 2.24) is 16.0 Å². The molecular weight excluding hydrogens is 272 g/mol. The van der Waals surface area contributed by atoms with E-state index in [2.05, 4.69) is 27.2 Å². The monoisotopic (exact) mass is 302 g/mol. The second-order valence-electron chi connectivity index (χ2n) is 4.83. The Kier molecular flexibility index (Phi) is 12.5. The molecule has 0 bridgehead atoms. The van der Waals surface area contributed by atoms with E-state index in [4.69, 9.17) is 0 Å². The van der Waals surface area contributed by atoms with Gasteiger partial charge in [-0.15, -0.1) is 0 Å². The molecule has 0 aliphatic carbocycles. The normalized spacial score (nSPS) is 11.6. The van der Waals surface area contributed by atoms with E-state index in [1.165, 1.54) is 12.2 Å². The van der Waals surface area contributed by atoms with Gasteiger partial charge in [-0.05, 0) is 31.8 Å². The number of amides is 1. The lowest BCUT2D eigenvalue weighted by molar-refractivity contribution is -0.123. The lowest BCUT2D eigenvalue weighted by Crippen LogP contribution is -2.42. The van der Waals surface area contributed by atoms with E-state index in [0.29, 0.717) is 13.1 Å². The molecule has 0 aromatic rings. The van der Waals surface area contributed by atoms with Crippen molar-refractivity contribution in [2.24, 2.45) is 10.9 Å². The van der Waals surface area contributed by atoms with Gasteiger partial charge in [0.25, 0.3) is 0 Å². The van der Waals surface area contributed by atoms with Gasteiger partial charge in [-0.3, -0.25) is 9.79 Å². The summed E-state index contributed by atoms with van der Waals surface area (Å²) in [5.74, 6) is 2.15. The fraction of sp³-hybridized carbons (Fsp3) is 0.857. The first-order chi connectivity index (χ1) is 9.61. The topological polar surface area (TPSA) is 65.5 Å². The van der Waals surface area contributed by atoms with Crippen molar-refractivity contribution in [2.75, 3.05) is 38.2 Å². The van der Waals surface area contributed by atoms with Crippen LogP contribution in [0, 0.1) is 5.92 Å². The van der Waals surface area contributed by atoms with Crippen LogP contribution in [-0.2, 0) is 4.79 Å². The van der Waals surface area contributed by atoms with Crippen LogP contribution >= 0.6 is 11.8 Å². The van der Waals surface area contributed by atoms with E-state index in [9.17, 15) is 4.79 Å². The zero-order valence-corrected chi connectivity index (χ0v) is 14.1. The molecule has 0 spiro atoms. The Bertz CT molecular complexity index is 282. The molecule has 0 radical (unpaired) electrons. The molecule has 5 nitrogen and oxygen atoms in total. The van der Waals surface area contributed by atoms with Crippen LogP contribution in [0.1, 0.15) is 33.6 Å². The number of rotatable bonds is 10. The fourth-order valence-electron chi connectivity index (χ4n) is 1.46. The Labute approximate surface area is 127 Å². The van der Waals surface area contributed by atoms with Gasteiger partial charge >= 0.3 is 0 Å². The number of nitrogens with one attached hydrogen (secondary N) is 3. The quantitative estimate of drug-likeness (QED) is 0.325. The van der Waals surface area contributed by atoms with Crippen LogP contribution in [0.15, 0.2) is 4.99 Å². The standard InChI is InChI=1S/C14H30N4OS/c1-5-15-14(17-8-6-7-11-20-4)18-10-9-16-13(19)12(2)3/h12H,5-11H2,1-4H3,(H,16,19)(H2,15,17,18). The number of nitrogens with zero attached hydrogens (tertiary/aromatic N) is 1. The third-order valence-corrected chi connectivity index (χ3v) is 3.31. The minimum atomic E-state index is 0.0355. The van der Waals surface area contributed by atoms with Crippen molar-refractivity contribution in [3.63, 3.8) is 0 Å². The minimum absolute atomic E-state index is 0.0355. The number of carbonyl (C=O) groups excluding carboxylic acids is 1. The van der Waals surface area contributed by atoms with Gasteiger partial charge in [-0.2, -0.15) is 11.8 Å². The first-order valence-electron chi connectivity index (χ1n) is 7.40. The molecule has 0 saturated heterocycles. The van der Waals surface area contributed by atoms with Crippen LogP contribution < -0.4 is 16.0 Å². The summed E-state index contributed by atoms with van der Waals surface area (Å²) in [7, 11) is 0. The maximum atomic E-state index is 11.4. The summed E-state index contributed by atoms with van der Waals surface area (Å²) >= 11 is 1.87. The second-order valence-corrected chi connectivity index (χ2v) is 5.82. The summed E-state index contributed by atoms with van der Waals surface area (Å²) in [5, 5.41) is 9.31. The van der Waals surface area contributed by atoms with Crippen molar-refractivity contribution in [1.29, 1.82) is 0 Å². The van der Waals surface area contributed by atoms with Crippen LogP contribution in [0.4, 0.5) is 0 Å². The highest BCUT2D eigenvalue weighted by Gasteiger charge is 2.04. The van der Waals surface area contributed by atoms with E-state index in [0.717, 1.165) is 25.5 Å². The van der Waals surface area contributed by atoms with Gasteiger partial charge in [0.1, 0.15) is 0 Å². The first kappa shape index (κ1) is 19.1. The Morgan fingerprint density at radius 3 is 2.45 bits per heavy atom. The van der Waals surface area contributed by atoms with E-state index < -0.39 is 0 Å². The molecule has 20 heavy (non-hydrogen) atoms. The number of aliphatic imine (C=N–C) groups is 1. The number of thioether (sulfide) groups is 1. The van der Waals surface area contributed by atoms with Crippen molar-refractivity contribution in [3.05, 3.63) is 0 Å². The summed E-state index contributed by atoms with van der Waals surface area (Å²) < 4.78 is 0. The smallest absolute Gasteiger partial charge is 0.222 e. The van der Waals surface area contributed by atoms with Gasteiger partial charge in [-0.25, -0.2) is 0 Å². The highest BCUT2D eigenvalue weighted by atomic mass is 32.2. The molecule has 0 aromatic carbocycles. The summed E-state index contributed by atoms with van der Waals surface area (Å²) in [4.78, 5) is 15.9. The van der Waals surface area contributed by atoms with Crippen molar-refractivity contribution in [3.8, 4) is 0 Å². The number of guanidine groups is 1. The molecule has 0 aliphatic rings. The van der Waals surface area contributed by atoms with E-state index >= 15 is 0 Å². The van der Waals surface area contributed by atoms with E-state index in [-0.39, 0.29) is 11.8 Å². The van der Waals surface area contributed by atoms with Crippen LogP contribution in [-0.4, -0.2) is 50.1 Å². The fourth-order valence-corrected chi connectivity index (χ4v) is 1.95. The average molecular weight is 302 g/mol. The predicted molar refractivity (Wildman–Crippen MR) is 89.4 cm³/mol. The first-order valence-corrected chi connectivity index (χ1v) is 8.80. The number of hydrogen-bond donors (Lipinski definition) is 3. The Balaban J connectivity index is 3.83. The molecule has 3 N–H and O–H groups in total. The third kappa shape index (κ3) is 11.0. The molecule has 0 fully saturated rings. The van der Waals surface area contributed by atoms with Crippen LogP contribution in [0.2, 0.25) is 0 Å². The molecule has 6 heteroatoms. The van der Waals surface area contributed by atoms with Crippen molar-refractivity contribution in [2.45, 2.75) is 33.6 Å². The Morgan fingerprint density at radius 2 is 1.85 bits per heavy atom. The molecule has 0 unspecified atom stereocenters. The highest BCUT2D eigenvalue weighted by molar-refractivity contribution is 7.98. The number of unbranched alkanes of at least 4 members (excludes halogenated alkanes) is 1. The van der Waals surface area contributed by atoms with Crippen LogP contribution in [0.25, 0.3) is 0 Å². The lowest BCUT2D eigenvalue weighted by atomic mass is 10.2. The molecule has 0 rings (SSSR count). The molecule has 118 valence electrons. The molecule has 0 heterocycles. The molecule has 0 aromatic heterocycles. The number of carbonyl (C=O) groups is 1. The lowest BCUT2D eigenvalue weighted by Gasteiger charge is -2.12. The predicted octanol–water partition coefficient (Wildman–Crippen LogP) is 1.46. The maximum absolute atomic E-state index is 11.4. The third-order valence-electron chi connectivity index (χ3n) is 2.61. The minimum Gasteiger partial charge on any atom is -0.357 e. The highest BCUT2D eigenvalue weighted by Crippen LogP contribution is 1.98. The average Bonchev–Trinajstić information content (AvgIpc) is 2.42. The summed E-state index contributed by atoms with van der Waals surface area (Å²) in [6, 6.07) is 0. The van der Waals surface area contributed by atoms with Crippen LogP contribution in [0.3, 0.4) is 0 Å². The van der Waals surface area contributed by atoms with Gasteiger partial charge < -0.3 is 16.0 Å². The van der Waals surface area contributed by atoms with Gasteiger partial charge in [0.15, 0.2) is 5.96 Å². The molecular formula is C14H30N4OS. The molecule has 1 amide bonds. The molecule has 0 atom stereocenters. The molecule has 0 saturated carbocycles. The van der Waals surface area contributed by atoms with Gasteiger partial charge in [0, 0.05) is 32.1 Å². The summed E-state index contributed by atoms with van der Waals surface area (Å²) in [6.45, 7) is 8.82. The second kappa shape index (κ2) is 13.1. The van der Waals surface area contributed by atoms with Gasteiger partial charge in [0.2, 0.25) is 5.91 Å². The largest absolute Gasteiger partial charge is 0.357 e. The van der Waals surface area contributed by atoms with E-state index in [1.54, 1.807) is 0 Å². The molecule has 0 aliphatic heterocycles. The Morgan fingerprint density at radius 1 is 1.15 bits per heavy atom. The SMILES string of the molecule is CCNC(=NCCCCSC)NCCNC(=O)C(C)C. The van der Waals surface area contributed by atoms with Crippen molar-refractivity contribution >= 4 is 23.6 Å². The maximum Gasteiger partial charge on any atom is 0.222 e. The zero-order valence-electron chi connectivity index (χ0n) is 13.3. The summed E-state index contributed by atoms with van der Waals surface area (Å²) in [6.07, 6.45) is 4.44. The number of hydrogen-bond acceptors (Lipinski definition) is 3. The zero-order chi connectivity index (χ0) is 15.2. The summed E-state index contributed by atoms with van der Waals surface area (Å²) in [5.41, 5.74) is 0. The van der Waals surface area contributed by atoms with Crippen LogP contribution in [0.5, 0.6) is 0 Å². The van der Waals surface area contributed by atoms with Gasteiger partial charge in [0.05, 0.1) is 0 Å².